The van der Waals surface area contributed by atoms with Crippen LogP contribution in [-0.4, -0.2) is 30.1 Å². The molecule has 146 valence electrons. The number of carbonyl (C=O) groups excluding carboxylic acids is 1. The minimum Gasteiger partial charge on any atom is -0.324 e. The first-order valence-electron chi connectivity index (χ1n) is 8.56. The Bertz CT molecular complexity index is 1280. The fraction of sp³-hybridized carbons (Fsp3) is 0.105. The van der Waals surface area contributed by atoms with Gasteiger partial charge in [-0.3, -0.25) is 9.78 Å². The topological polar surface area (TPSA) is 94.2 Å². The van der Waals surface area contributed by atoms with Crippen molar-refractivity contribution in [2.24, 2.45) is 0 Å². The number of nitrogens with zero attached hydrogens (tertiary/aromatic N) is 5. The molecule has 0 aliphatic carbocycles. The number of hydrogen-bond acceptors (Lipinski definition) is 5. The van der Waals surface area contributed by atoms with E-state index in [1.807, 2.05) is 6.07 Å². The molecule has 1 amide bonds. The number of amides is 1. The third kappa shape index (κ3) is 3.59. The first kappa shape index (κ1) is 18.4. The Labute approximate surface area is 162 Å². The zero-order valence-electron chi connectivity index (χ0n) is 15.1. The lowest BCUT2D eigenvalue weighted by Crippen LogP contribution is -2.29. The van der Waals surface area contributed by atoms with Crippen LogP contribution < -0.4 is 11.0 Å². The van der Waals surface area contributed by atoms with Crippen molar-refractivity contribution in [1.29, 1.82) is 0 Å². The lowest BCUT2D eigenvalue weighted by atomic mass is 10.2. The molecule has 0 aliphatic heterocycles. The van der Waals surface area contributed by atoms with Gasteiger partial charge >= 0.3 is 5.69 Å². The van der Waals surface area contributed by atoms with Crippen molar-refractivity contribution >= 4 is 17.2 Å². The van der Waals surface area contributed by atoms with Gasteiger partial charge in [0.15, 0.2) is 17.3 Å². The molecule has 3 aromatic heterocycles. The number of benzene rings is 1. The monoisotopic (exact) mass is 396 g/mol. The molecule has 29 heavy (non-hydrogen) atoms. The van der Waals surface area contributed by atoms with E-state index >= 15 is 0 Å². The Balaban J connectivity index is 1.63. The zero-order valence-corrected chi connectivity index (χ0v) is 15.1. The maximum atomic E-state index is 13.3. The van der Waals surface area contributed by atoms with Crippen molar-refractivity contribution in [3.8, 4) is 11.4 Å². The van der Waals surface area contributed by atoms with E-state index in [0.717, 1.165) is 16.8 Å². The molecule has 8 nitrogen and oxygen atoms in total. The Morgan fingerprint density at radius 2 is 1.93 bits per heavy atom. The predicted molar refractivity (Wildman–Crippen MR) is 100 cm³/mol. The van der Waals surface area contributed by atoms with Gasteiger partial charge in [-0.05, 0) is 31.2 Å². The highest BCUT2D eigenvalue weighted by Gasteiger charge is 2.15. The van der Waals surface area contributed by atoms with Crippen LogP contribution >= 0.6 is 0 Å². The minimum absolute atomic E-state index is 0.0704. The molecule has 4 rings (SSSR count). The Morgan fingerprint density at radius 1 is 1.10 bits per heavy atom. The van der Waals surface area contributed by atoms with Crippen molar-refractivity contribution in [3.63, 3.8) is 0 Å². The Hall–Kier alpha value is -3.95. The lowest BCUT2D eigenvalue weighted by molar-refractivity contribution is -0.117. The third-order valence-electron chi connectivity index (χ3n) is 4.16. The molecule has 1 aromatic carbocycles. The number of nitrogens with one attached hydrogen (secondary N) is 1. The van der Waals surface area contributed by atoms with Gasteiger partial charge in [0, 0.05) is 24.0 Å². The standard InChI is InChI=1S/C19H14F2N6O2/c1-11-23-16(15-4-2-3-7-22-15)9-17-25-26(19(29)27(11)17)10-18(28)24-12-5-6-13(20)14(21)8-12/h2-9H,10H2,1H3,(H,24,28). The molecule has 0 saturated heterocycles. The van der Waals surface area contributed by atoms with Gasteiger partial charge in [0.2, 0.25) is 5.91 Å². The second-order valence-corrected chi connectivity index (χ2v) is 6.21. The highest BCUT2D eigenvalue weighted by Crippen LogP contribution is 2.16. The first-order chi connectivity index (χ1) is 13.9. The van der Waals surface area contributed by atoms with Crippen LogP contribution in [-0.2, 0) is 11.3 Å². The summed E-state index contributed by atoms with van der Waals surface area (Å²) in [6.07, 6.45) is 1.63. The fourth-order valence-electron chi connectivity index (χ4n) is 2.86. The summed E-state index contributed by atoms with van der Waals surface area (Å²) in [6, 6.07) is 9.94. The van der Waals surface area contributed by atoms with E-state index in [1.165, 1.54) is 10.5 Å². The van der Waals surface area contributed by atoms with Gasteiger partial charge in [0.25, 0.3) is 0 Å². The second kappa shape index (κ2) is 7.23. The van der Waals surface area contributed by atoms with Crippen LogP contribution in [0.1, 0.15) is 5.82 Å². The van der Waals surface area contributed by atoms with E-state index in [1.54, 1.807) is 31.3 Å². The molecule has 0 atom stereocenters. The molecule has 3 heterocycles. The Morgan fingerprint density at radius 3 is 2.66 bits per heavy atom. The molecule has 0 radical (unpaired) electrons. The summed E-state index contributed by atoms with van der Waals surface area (Å²) in [5.41, 5.74) is 0.998. The zero-order chi connectivity index (χ0) is 20.5. The first-order valence-corrected chi connectivity index (χ1v) is 8.56. The van der Waals surface area contributed by atoms with Crippen molar-refractivity contribution in [2.75, 3.05) is 5.32 Å². The highest BCUT2D eigenvalue weighted by molar-refractivity contribution is 5.90. The smallest absolute Gasteiger partial charge is 0.324 e. The van der Waals surface area contributed by atoms with Crippen molar-refractivity contribution in [1.82, 2.24) is 24.1 Å². The molecule has 4 aromatic rings. The van der Waals surface area contributed by atoms with E-state index in [-0.39, 0.29) is 5.69 Å². The summed E-state index contributed by atoms with van der Waals surface area (Å²) in [5.74, 6) is -2.33. The van der Waals surface area contributed by atoms with Crippen LogP contribution in [0, 0.1) is 18.6 Å². The van der Waals surface area contributed by atoms with E-state index in [2.05, 4.69) is 20.4 Å². The molecular formula is C19H14F2N6O2. The lowest BCUT2D eigenvalue weighted by Gasteiger charge is -2.05. The second-order valence-electron chi connectivity index (χ2n) is 6.21. The van der Waals surface area contributed by atoms with Crippen molar-refractivity contribution < 1.29 is 13.6 Å². The predicted octanol–water partition coefficient (Wildman–Crippen LogP) is 2.18. The summed E-state index contributed by atoms with van der Waals surface area (Å²) < 4.78 is 28.5. The van der Waals surface area contributed by atoms with E-state index in [4.69, 9.17) is 0 Å². The van der Waals surface area contributed by atoms with E-state index in [0.29, 0.717) is 22.9 Å². The van der Waals surface area contributed by atoms with Crippen LogP contribution in [0.3, 0.4) is 0 Å². The van der Waals surface area contributed by atoms with E-state index in [9.17, 15) is 18.4 Å². The van der Waals surface area contributed by atoms with Gasteiger partial charge < -0.3 is 5.32 Å². The normalized spacial score (nSPS) is 11.0. The van der Waals surface area contributed by atoms with Crippen LogP contribution in [0.4, 0.5) is 14.5 Å². The van der Waals surface area contributed by atoms with Crippen LogP contribution in [0.15, 0.2) is 53.5 Å². The maximum Gasteiger partial charge on any atom is 0.352 e. The van der Waals surface area contributed by atoms with E-state index < -0.39 is 29.8 Å². The molecule has 0 saturated carbocycles. The largest absolute Gasteiger partial charge is 0.352 e. The van der Waals surface area contributed by atoms with Gasteiger partial charge in [-0.1, -0.05) is 6.07 Å². The number of aromatic nitrogens is 5. The number of carbonyl (C=O) groups is 1. The molecule has 0 spiro atoms. The Kier molecular flexibility index (Phi) is 4.59. The molecule has 0 fully saturated rings. The summed E-state index contributed by atoms with van der Waals surface area (Å²) in [7, 11) is 0. The highest BCUT2D eigenvalue weighted by atomic mass is 19.2. The average Bonchev–Trinajstić information content (AvgIpc) is 3.01. The van der Waals surface area contributed by atoms with Crippen LogP contribution in [0.25, 0.3) is 17.0 Å². The molecule has 0 bridgehead atoms. The maximum absolute atomic E-state index is 13.3. The molecular weight excluding hydrogens is 382 g/mol. The average molecular weight is 396 g/mol. The van der Waals surface area contributed by atoms with Crippen LogP contribution in [0.5, 0.6) is 0 Å². The number of fused-ring (bicyclic) bond motifs is 1. The van der Waals surface area contributed by atoms with Gasteiger partial charge in [-0.25, -0.2) is 27.6 Å². The van der Waals surface area contributed by atoms with Gasteiger partial charge in [-0.2, -0.15) is 0 Å². The molecule has 10 heteroatoms. The number of rotatable bonds is 4. The van der Waals surface area contributed by atoms with Gasteiger partial charge in [0.05, 0.1) is 11.4 Å². The summed E-state index contributed by atoms with van der Waals surface area (Å²) in [5, 5.41) is 6.58. The quantitative estimate of drug-likeness (QED) is 0.571. The molecule has 1 N–H and O–H groups in total. The van der Waals surface area contributed by atoms with Crippen molar-refractivity contribution in [3.05, 3.63) is 76.6 Å². The van der Waals surface area contributed by atoms with Gasteiger partial charge in [0.1, 0.15) is 12.4 Å². The number of anilines is 1. The molecule has 0 aliphatic rings. The third-order valence-corrected chi connectivity index (χ3v) is 4.16. The molecule has 0 unspecified atom stereocenters. The fourth-order valence-corrected chi connectivity index (χ4v) is 2.86. The summed E-state index contributed by atoms with van der Waals surface area (Å²) >= 11 is 0. The number of hydrogen-bond donors (Lipinski definition) is 1. The van der Waals surface area contributed by atoms with Gasteiger partial charge in [-0.15, -0.1) is 5.10 Å². The number of pyridine rings is 1. The minimum atomic E-state index is -1.09. The summed E-state index contributed by atoms with van der Waals surface area (Å²) in [6.45, 7) is 1.24. The van der Waals surface area contributed by atoms with Crippen molar-refractivity contribution in [2.45, 2.75) is 13.5 Å². The SMILES string of the molecule is Cc1nc(-c2ccccn2)cc2nn(CC(=O)Nc3ccc(F)c(F)c3)c(=O)n12. The summed E-state index contributed by atoms with van der Waals surface area (Å²) in [4.78, 5) is 33.4. The number of aryl methyl sites for hydroxylation is 1. The number of halogens is 2. The van der Waals surface area contributed by atoms with Crippen LogP contribution in [0.2, 0.25) is 0 Å².